The quantitative estimate of drug-likeness (QED) is 0.307. The second-order valence-electron chi connectivity index (χ2n) is 8.06. The zero-order chi connectivity index (χ0) is 22.2. The number of hydrogen-bond donors (Lipinski definition) is 0. The van der Waals surface area contributed by atoms with Gasteiger partial charge in [0.1, 0.15) is 11.5 Å². The van der Waals surface area contributed by atoms with Gasteiger partial charge in [-0.15, -0.1) is 0 Å². The van der Waals surface area contributed by atoms with E-state index in [9.17, 15) is 0 Å². The zero-order valence-corrected chi connectivity index (χ0v) is 20.5. The minimum absolute atomic E-state index is 0.638. The van der Waals surface area contributed by atoms with E-state index < -0.39 is 0 Å². The Morgan fingerprint density at radius 2 is 1.03 bits per heavy atom. The van der Waals surface area contributed by atoms with Gasteiger partial charge in [-0.1, -0.05) is 104 Å². The normalized spacial score (nSPS) is 12.7. The fourth-order valence-electron chi connectivity index (χ4n) is 3.72. The van der Waals surface area contributed by atoms with Crippen LogP contribution in [0.2, 0.25) is 0 Å². The first-order chi connectivity index (χ1) is 14.7. The van der Waals surface area contributed by atoms with Gasteiger partial charge in [-0.05, 0) is 36.8 Å². The summed E-state index contributed by atoms with van der Waals surface area (Å²) in [5.41, 5.74) is 0. The number of unbranched alkanes of at least 4 members (excludes halogenated alkanes) is 2. The molecule has 2 aromatic rings. The highest BCUT2D eigenvalue weighted by molar-refractivity contribution is 5.93. The van der Waals surface area contributed by atoms with Crippen LogP contribution < -0.4 is 9.47 Å². The number of ether oxygens (including phenoxy) is 2. The van der Waals surface area contributed by atoms with Crippen LogP contribution in [0, 0.1) is 11.8 Å². The minimum Gasteiger partial charge on any atom is -0.493 e. The van der Waals surface area contributed by atoms with E-state index in [-0.39, 0.29) is 0 Å². The topological polar surface area (TPSA) is 18.5 Å². The Morgan fingerprint density at radius 1 is 0.633 bits per heavy atom. The van der Waals surface area contributed by atoms with Gasteiger partial charge in [0.2, 0.25) is 0 Å². The van der Waals surface area contributed by atoms with Crippen LogP contribution in [-0.2, 0) is 0 Å². The maximum atomic E-state index is 6.27. The van der Waals surface area contributed by atoms with E-state index in [1.807, 2.05) is 13.8 Å². The molecule has 0 radical (unpaired) electrons. The van der Waals surface area contributed by atoms with Crippen molar-refractivity contribution in [1.82, 2.24) is 0 Å². The van der Waals surface area contributed by atoms with Crippen LogP contribution in [-0.4, -0.2) is 13.2 Å². The summed E-state index contributed by atoms with van der Waals surface area (Å²) < 4.78 is 12.5. The van der Waals surface area contributed by atoms with Gasteiger partial charge in [-0.3, -0.25) is 0 Å². The lowest BCUT2D eigenvalue weighted by atomic mass is 10.0. The van der Waals surface area contributed by atoms with Crippen LogP contribution in [0.1, 0.15) is 92.9 Å². The van der Waals surface area contributed by atoms with Crippen LogP contribution >= 0.6 is 0 Å². The summed E-state index contributed by atoms with van der Waals surface area (Å²) in [7, 11) is 0. The van der Waals surface area contributed by atoms with E-state index in [1.54, 1.807) is 0 Å². The molecule has 0 aliphatic heterocycles. The first kappa shape index (κ1) is 26.3. The first-order valence-corrected chi connectivity index (χ1v) is 12.5. The van der Waals surface area contributed by atoms with Crippen LogP contribution in [0.15, 0.2) is 36.4 Å². The van der Waals surface area contributed by atoms with Crippen molar-refractivity contribution in [2.24, 2.45) is 11.8 Å². The molecule has 2 rings (SSSR count). The highest BCUT2D eigenvalue weighted by atomic mass is 16.5. The molecule has 0 heterocycles. The van der Waals surface area contributed by atoms with Crippen molar-refractivity contribution in [3.05, 3.63) is 36.4 Å². The fraction of sp³-hybridized carbons (Fsp3) is 0.643. The van der Waals surface area contributed by atoms with Crippen molar-refractivity contribution >= 4 is 10.8 Å². The van der Waals surface area contributed by atoms with E-state index in [2.05, 4.69) is 64.1 Å². The molecule has 0 fully saturated rings. The van der Waals surface area contributed by atoms with E-state index >= 15 is 0 Å². The van der Waals surface area contributed by atoms with Crippen molar-refractivity contribution in [2.45, 2.75) is 92.9 Å². The van der Waals surface area contributed by atoms with E-state index in [1.165, 1.54) is 51.4 Å². The second-order valence-corrected chi connectivity index (χ2v) is 8.06. The van der Waals surface area contributed by atoms with Crippen LogP contribution in [0.25, 0.3) is 10.8 Å². The summed E-state index contributed by atoms with van der Waals surface area (Å²) in [5, 5.41) is 2.32. The first-order valence-electron chi connectivity index (χ1n) is 12.5. The van der Waals surface area contributed by atoms with Crippen molar-refractivity contribution in [1.29, 1.82) is 0 Å². The SMILES string of the molecule is CC.CCCCC(CC)COc1cccc2c(OCC(CC)CCCC)cccc12. The average Bonchev–Trinajstić information content (AvgIpc) is 2.80. The molecule has 2 heteroatoms. The molecule has 2 atom stereocenters. The van der Waals surface area contributed by atoms with Crippen molar-refractivity contribution < 1.29 is 9.47 Å². The largest absolute Gasteiger partial charge is 0.493 e. The van der Waals surface area contributed by atoms with Crippen LogP contribution in [0.5, 0.6) is 11.5 Å². The lowest BCUT2D eigenvalue weighted by Crippen LogP contribution is -2.12. The molecule has 0 amide bonds. The van der Waals surface area contributed by atoms with Gasteiger partial charge >= 0.3 is 0 Å². The predicted molar refractivity (Wildman–Crippen MR) is 133 cm³/mol. The smallest absolute Gasteiger partial charge is 0.127 e. The molecule has 2 aromatic carbocycles. The van der Waals surface area contributed by atoms with Gasteiger partial charge < -0.3 is 9.47 Å². The summed E-state index contributed by atoms with van der Waals surface area (Å²) in [4.78, 5) is 0. The number of fused-ring (bicyclic) bond motifs is 1. The third-order valence-corrected chi connectivity index (χ3v) is 5.88. The summed E-state index contributed by atoms with van der Waals surface area (Å²) in [5.74, 6) is 3.24. The maximum absolute atomic E-state index is 6.27. The standard InChI is InChI=1S/C26H40O2.C2H6/c1-5-9-13-21(7-3)19-27-25-17-11-16-24-23(25)15-12-18-26(24)28-20-22(8-4)14-10-6-2;1-2/h11-12,15-18,21-22H,5-10,13-14,19-20H2,1-4H3;1-2H3. The Balaban J connectivity index is 0.00000218. The Bertz CT molecular complexity index is 620. The molecule has 2 nitrogen and oxygen atoms in total. The molecule has 2 unspecified atom stereocenters. The van der Waals surface area contributed by atoms with Gasteiger partial charge in [-0.25, -0.2) is 0 Å². The highest BCUT2D eigenvalue weighted by Crippen LogP contribution is 2.33. The molecular formula is C28H46O2. The Labute approximate surface area is 186 Å². The number of hydrogen-bond acceptors (Lipinski definition) is 2. The summed E-state index contributed by atoms with van der Waals surface area (Å²) in [6.45, 7) is 14.6. The molecule has 0 spiro atoms. The third kappa shape index (κ3) is 8.58. The lowest BCUT2D eigenvalue weighted by Gasteiger charge is -2.19. The highest BCUT2D eigenvalue weighted by Gasteiger charge is 2.12. The van der Waals surface area contributed by atoms with Gasteiger partial charge in [0, 0.05) is 10.8 Å². The van der Waals surface area contributed by atoms with Crippen LogP contribution in [0.4, 0.5) is 0 Å². The second kappa shape index (κ2) is 16.1. The predicted octanol–water partition coefficient (Wildman–Crippen LogP) is 9.06. The Hall–Kier alpha value is -1.70. The van der Waals surface area contributed by atoms with Gasteiger partial charge in [0.15, 0.2) is 0 Å². The molecule has 0 aliphatic rings. The third-order valence-electron chi connectivity index (χ3n) is 5.88. The average molecular weight is 415 g/mol. The molecule has 30 heavy (non-hydrogen) atoms. The van der Waals surface area contributed by atoms with E-state index in [0.29, 0.717) is 11.8 Å². The van der Waals surface area contributed by atoms with Gasteiger partial charge in [-0.2, -0.15) is 0 Å². The van der Waals surface area contributed by atoms with E-state index in [0.717, 1.165) is 35.5 Å². The van der Waals surface area contributed by atoms with Crippen molar-refractivity contribution in [2.75, 3.05) is 13.2 Å². The molecule has 0 aromatic heterocycles. The Morgan fingerprint density at radius 3 is 1.37 bits per heavy atom. The summed E-state index contributed by atoms with van der Waals surface area (Å²) in [6.07, 6.45) is 9.93. The van der Waals surface area contributed by atoms with Crippen LogP contribution in [0.3, 0.4) is 0 Å². The van der Waals surface area contributed by atoms with Crippen molar-refractivity contribution in [3.63, 3.8) is 0 Å². The molecule has 170 valence electrons. The molecule has 0 saturated carbocycles. The molecule has 0 N–H and O–H groups in total. The number of rotatable bonds is 14. The molecular weight excluding hydrogens is 368 g/mol. The summed E-state index contributed by atoms with van der Waals surface area (Å²) in [6, 6.07) is 12.7. The zero-order valence-electron chi connectivity index (χ0n) is 20.5. The van der Waals surface area contributed by atoms with Gasteiger partial charge in [0.05, 0.1) is 13.2 Å². The van der Waals surface area contributed by atoms with Crippen molar-refractivity contribution in [3.8, 4) is 11.5 Å². The molecule has 0 saturated heterocycles. The minimum atomic E-state index is 0.638. The lowest BCUT2D eigenvalue weighted by molar-refractivity contribution is 0.233. The fourth-order valence-corrected chi connectivity index (χ4v) is 3.72. The monoisotopic (exact) mass is 414 g/mol. The van der Waals surface area contributed by atoms with Gasteiger partial charge in [0.25, 0.3) is 0 Å². The maximum Gasteiger partial charge on any atom is 0.127 e. The molecule has 0 aliphatic carbocycles. The number of benzene rings is 2. The summed E-state index contributed by atoms with van der Waals surface area (Å²) >= 11 is 0. The Kier molecular flexibility index (Phi) is 14.1. The molecule has 0 bridgehead atoms. The van der Waals surface area contributed by atoms with E-state index in [4.69, 9.17) is 9.47 Å².